The minimum atomic E-state index is 0.198. The molecule has 1 aromatic rings. The highest BCUT2D eigenvalue weighted by Crippen LogP contribution is 2.37. The van der Waals surface area contributed by atoms with E-state index in [0.717, 1.165) is 22.9 Å². The Morgan fingerprint density at radius 3 is 2.29 bits per heavy atom. The molecule has 0 aromatic carbocycles. The molecule has 0 spiro atoms. The Kier molecular flexibility index (Phi) is 4.57. The van der Waals surface area contributed by atoms with E-state index < -0.39 is 0 Å². The van der Waals surface area contributed by atoms with Crippen LogP contribution in [-0.2, 0) is 6.42 Å². The normalized spacial score (nSPS) is 25.8. The van der Waals surface area contributed by atoms with Crippen molar-refractivity contribution in [3.63, 3.8) is 0 Å². The predicted octanol–water partition coefficient (Wildman–Crippen LogP) is 3.67. The molecule has 116 valence electrons. The van der Waals surface area contributed by atoms with Crippen LogP contribution in [0, 0.1) is 5.92 Å². The van der Waals surface area contributed by atoms with E-state index in [1.165, 1.54) is 56.5 Å². The fraction of sp³-hybridized carbons (Fsp3) is 0.812. The lowest BCUT2D eigenvalue weighted by Crippen LogP contribution is -2.43. The van der Waals surface area contributed by atoms with Crippen molar-refractivity contribution in [2.75, 3.05) is 0 Å². The van der Waals surface area contributed by atoms with Crippen molar-refractivity contribution in [1.29, 1.82) is 0 Å². The third kappa shape index (κ3) is 3.12. The zero-order chi connectivity index (χ0) is 14.8. The number of aryl methyl sites for hydroxylation is 1. The predicted molar refractivity (Wildman–Crippen MR) is 84.5 cm³/mol. The molecule has 1 amide bonds. The van der Waals surface area contributed by atoms with Gasteiger partial charge in [0.05, 0.1) is 5.69 Å². The van der Waals surface area contributed by atoms with Crippen molar-refractivity contribution >= 4 is 17.4 Å². The molecule has 2 fully saturated rings. The Balaban J connectivity index is 1.74. The summed E-state index contributed by atoms with van der Waals surface area (Å²) in [5, 5.41) is 4.11. The summed E-state index contributed by atoms with van der Waals surface area (Å²) in [6.45, 7) is 4.33. The molecule has 3 rings (SSSR count). The van der Waals surface area contributed by atoms with E-state index in [2.05, 4.69) is 21.4 Å². The van der Waals surface area contributed by atoms with Crippen LogP contribution < -0.4 is 0 Å². The first-order valence-corrected chi connectivity index (χ1v) is 9.15. The molecule has 2 saturated carbocycles. The quantitative estimate of drug-likeness (QED) is 0.833. The number of amides is 1. The van der Waals surface area contributed by atoms with Gasteiger partial charge in [-0.2, -0.15) is 0 Å². The molecule has 2 aliphatic rings. The third-order valence-electron chi connectivity index (χ3n) is 5.05. The maximum absolute atomic E-state index is 13.0. The van der Waals surface area contributed by atoms with Crippen LogP contribution in [0.15, 0.2) is 0 Å². The number of nitrogens with zero attached hydrogens (tertiary/aromatic N) is 3. The Morgan fingerprint density at radius 2 is 1.76 bits per heavy atom. The standard InChI is InChI=1S/C16H25N3OS/c1-3-11-5-7-12(8-6-11)19(13-9-10-13)16(20)15-14(4-2)17-18-21-15/h11-13H,3-10H2,1-2H3. The van der Waals surface area contributed by atoms with E-state index in [4.69, 9.17) is 0 Å². The lowest BCUT2D eigenvalue weighted by Gasteiger charge is -2.37. The van der Waals surface area contributed by atoms with Crippen molar-refractivity contribution in [2.24, 2.45) is 5.92 Å². The van der Waals surface area contributed by atoms with Crippen molar-refractivity contribution in [3.05, 3.63) is 10.6 Å². The Labute approximate surface area is 131 Å². The molecule has 1 heterocycles. The molecule has 21 heavy (non-hydrogen) atoms. The second-order valence-corrected chi connectivity index (χ2v) is 7.18. The number of carbonyl (C=O) groups excluding carboxylic acids is 1. The van der Waals surface area contributed by atoms with Crippen LogP contribution in [0.5, 0.6) is 0 Å². The van der Waals surface area contributed by atoms with E-state index in [9.17, 15) is 4.79 Å². The number of hydrogen-bond acceptors (Lipinski definition) is 4. The molecule has 0 atom stereocenters. The van der Waals surface area contributed by atoms with Gasteiger partial charge in [-0.3, -0.25) is 4.79 Å². The summed E-state index contributed by atoms with van der Waals surface area (Å²) in [6, 6.07) is 0.923. The molecule has 1 aromatic heterocycles. The van der Waals surface area contributed by atoms with E-state index in [1.807, 2.05) is 6.92 Å². The first kappa shape index (κ1) is 14.9. The van der Waals surface area contributed by atoms with Crippen molar-refractivity contribution in [1.82, 2.24) is 14.5 Å². The van der Waals surface area contributed by atoms with Gasteiger partial charge in [0.2, 0.25) is 0 Å². The van der Waals surface area contributed by atoms with Gasteiger partial charge in [0.25, 0.3) is 5.91 Å². The van der Waals surface area contributed by atoms with Gasteiger partial charge in [-0.1, -0.05) is 24.8 Å². The second kappa shape index (κ2) is 6.42. The summed E-state index contributed by atoms with van der Waals surface area (Å²) in [6.07, 6.45) is 9.32. The number of hydrogen-bond donors (Lipinski definition) is 0. The van der Waals surface area contributed by atoms with Gasteiger partial charge in [-0.25, -0.2) is 0 Å². The maximum Gasteiger partial charge on any atom is 0.268 e. The second-order valence-electron chi connectivity index (χ2n) is 6.43. The Hall–Kier alpha value is -0.970. The van der Waals surface area contributed by atoms with E-state index in [0.29, 0.717) is 12.1 Å². The number of aromatic nitrogens is 2. The molecule has 0 saturated heterocycles. The van der Waals surface area contributed by atoms with Crippen molar-refractivity contribution in [2.45, 2.75) is 77.3 Å². The van der Waals surface area contributed by atoms with Gasteiger partial charge in [-0.15, -0.1) is 5.10 Å². The molecule has 0 bridgehead atoms. The maximum atomic E-state index is 13.0. The number of carbonyl (C=O) groups is 1. The highest BCUT2D eigenvalue weighted by molar-refractivity contribution is 7.08. The molecule has 0 aliphatic heterocycles. The van der Waals surface area contributed by atoms with Gasteiger partial charge in [0.1, 0.15) is 4.88 Å². The van der Waals surface area contributed by atoms with Crippen molar-refractivity contribution in [3.8, 4) is 0 Å². The average Bonchev–Trinajstić information content (AvgIpc) is 3.23. The van der Waals surface area contributed by atoms with Crippen LogP contribution in [0.1, 0.15) is 74.2 Å². The summed E-state index contributed by atoms with van der Waals surface area (Å²) in [4.78, 5) is 15.9. The summed E-state index contributed by atoms with van der Waals surface area (Å²) >= 11 is 1.27. The lowest BCUT2D eigenvalue weighted by atomic mass is 9.83. The van der Waals surface area contributed by atoms with Crippen LogP contribution in [-0.4, -0.2) is 32.5 Å². The van der Waals surface area contributed by atoms with Gasteiger partial charge in [0, 0.05) is 12.1 Å². The van der Waals surface area contributed by atoms with Crippen LogP contribution in [0.2, 0.25) is 0 Å². The first-order valence-electron chi connectivity index (χ1n) is 8.38. The molecule has 0 N–H and O–H groups in total. The Morgan fingerprint density at radius 1 is 1.14 bits per heavy atom. The largest absolute Gasteiger partial charge is 0.332 e. The highest BCUT2D eigenvalue weighted by Gasteiger charge is 2.40. The molecule has 5 heteroatoms. The third-order valence-corrected chi connectivity index (χ3v) is 5.80. The topological polar surface area (TPSA) is 46.1 Å². The average molecular weight is 307 g/mol. The summed E-state index contributed by atoms with van der Waals surface area (Å²) in [5.74, 6) is 1.07. The smallest absolute Gasteiger partial charge is 0.268 e. The zero-order valence-electron chi connectivity index (χ0n) is 13.0. The van der Waals surface area contributed by atoms with Gasteiger partial charge in [-0.05, 0) is 62.4 Å². The first-order chi connectivity index (χ1) is 10.2. The van der Waals surface area contributed by atoms with Crippen LogP contribution in [0.25, 0.3) is 0 Å². The lowest BCUT2D eigenvalue weighted by molar-refractivity contribution is 0.0591. The molecule has 4 nitrogen and oxygen atoms in total. The summed E-state index contributed by atoms with van der Waals surface area (Å²) in [5.41, 5.74) is 0.873. The van der Waals surface area contributed by atoms with Gasteiger partial charge < -0.3 is 4.90 Å². The van der Waals surface area contributed by atoms with Crippen molar-refractivity contribution < 1.29 is 4.79 Å². The SMILES string of the molecule is CCc1nnsc1C(=O)N(C1CCC(CC)CC1)C1CC1. The summed E-state index contributed by atoms with van der Waals surface area (Å²) in [7, 11) is 0. The van der Waals surface area contributed by atoms with Crippen LogP contribution in [0.4, 0.5) is 0 Å². The number of rotatable bonds is 5. The zero-order valence-corrected chi connectivity index (χ0v) is 13.9. The highest BCUT2D eigenvalue weighted by atomic mass is 32.1. The fourth-order valence-electron chi connectivity index (χ4n) is 3.53. The summed E-state index contributed by atoms with van der Waals surface area (Å²) < 4.78 is 3.99. The minimum Gasteiger partial charge on any atom is -0.332 e. The van der Waals surface area contributed by atoms with E-state index in [1.54, 1.807) is 0 Å². The van der Waals surface area contributed by atoms with Crippen LogP contribution >= 0.6 is 11.5 Å². The van der Waals surface area contributed by atoms with E-state index in [-0.39, 0.29) is 5.91 Å². The monoisotopic (exact) mass is 307 g/mol. The van der Waals surface area contributed by atoms with Crippen LogP contribution in [0.3, 0.4) is 0 Å². The molecule has 0 unspecified atom stereocenters. The molecule has 2 aliphatic carbocycles. The van der Waals surface area contributed by atoms with Gasteiger partial charge in [0.15, 0.2) is 0 Å². The molecular formula is C16H25N3OS. The Bertz CT molecular complexity index is 489. The molecule has 0 radical (unpaired) electrons. The van der Waals surface area contributed by atoms with Gasteiger partial charge >= 0.3 is 0 Å². The molecular weight excluding hydrogens is 282 g/mol. The minimum absolute atomic E-state index is 0.198. The van der Waals surface area contributed by atoms with E-state index >= 15 is 0 Å². The fourth-order valence-corrected chi connectivity index (χ4v) is 4.23.